The number of hydrogen-bond acceptors (Lipinski definition) is 4. The third kappa shape index (κ3) is 2.28. The normalized spacial score (nSPS) is 15.0. The van der Waals surface area contributed by atoms with Crippen molar-refractivity contribution in [2.24, 2.45) is 5.73 Å². The number of aliphatic hydroxyl groups is 2. The van der Waals surface area contributed by atoms with E-state index in [1.165, 1.54) is 0 Å². The summed E-state index contributed by atoms with van der Waals surface area (Å²) >= 11 is 0. The highest BCUT2D eigenvalue weighted by Crippen LogP contribution is 2.26. The third-order valence-electron chi connectivity index (χ3n) is 2.80. The third-order valence-corrected chi connectivity index (χ3v) is 2.80. The molecular formula is C11H18N2O2. The summed E-state index contributed by atoms with van der Waals surface area (Å²) in [5, 5.41) is 19.3. The van der Waals surface area contributed by atoms with Gasteiger partial charge in [0.1, 0.15) is 6.10 Å². The molecule has 0 aliphatic heterocycles. The maximum absolute atomic E-state index is 9.81. The quantitative estimate of drug-likeness (QED) is 0.538. The van der Waals surface area contributed by atoms with Crippen LogP contribution in [0.4, 0.5) is 5.69 Å². The second-order valence-electron chi connectivity index (χ2n) is 3.74. The first-order chi connectivity index (χ1) is 6.99. The Balaban J connectivity index is 3.10. The summed E-state index contributed by atoms with van der Waals surface area (Å²) in [6, 6.07) is 3.45. The van der Waals surface area contributed by atoms with Crippen molar-refractivity contribution in [3.8, 4) is 0 Å². The highest BCUT2D eigenvalue weighted by molar-refractivity contribution is 5.53. The molecule has 0 aliphatic carbocycles. The number of hydrogen-bond donors (Lipinski definition) is 4. The highest BCUT2D eigenvalue weighted by Gasteiger charge is 2.19. The fourth-order valence-electron chi connectivity index (χ4n) is 1.52. The molecule has 0 spiro atoms. The van der Waals surface area contributed by atoms with Crippen LogP contribution < -0.4 is 11.5 Å². The predicted octanol–water partition coefficient (Wildman–Crippen LogP) is 0.239. The van der Waals surface area contributed by atoms with Crippen molar-refractivity contribution in [3.63, 3.8) is 0 Å². The Labute approximate surface area is 89.5 Å². The van der Waals surface area contributed by atoms with Crippen LogP contribution in [0.5, 0.6) is 0 Å². The maximum Gasteiger partial charge on any atom is 0.106 e. The molecule has 4 heteroatoms. The van der Waals surface area contributed by atoms with E-state index in [4.69, 9.17) is 11.5 Å². The van der Waals surface area contributed by atoms with E-state index in [0.29, 0.717) is 11.3 Å². The smallest absolute Gasteiger partial charge is 0.106 e. The molecule has 0 fully saturated rings. The highest BCUT2D eigenvalue weighted by atomic mass is 16.3. The van der Waals surface area contributed by atoms with E-state index in [2.05, 4.69) is 0 Å². The molecule has 0 amide bonds. The minimum absolute atomic E-state index is 0.0318. The van der Waals surface area contributed by atoms with Gasteiger partial charge in [-0.15, -0.1) is 0 Å². The molecule has 4 nitrogen and oxygen atoms in total. The first-order valence-electron chi connectivity index (χ1n) is 4.90. The predicted molar refractivity (Wildman–Crippen MR) is 60.3 cm³/mol. The maximum atomic E-state index is 9.81. The van der Waals surface area contributed by atoms with Gasteiger partial charge in [0, 0.05) is 12.2 Å². The average molecular weight is 210 g/mol. The van der Waals surface area contributed by atoms with Gasteiger partial charge in [-0.2, -0.15) is 0 Å². The fraction of sp³-hybridized carbons (Fsp3) is 0.455. The van der Waals surface area contributed by atoms with Crippen molar-refractivity contribution >= 4 is 5.69 Å². The van der Waals surface area contributed by atoms with Gasteiger partial charge < -0.3 is 21.7 Å². The monoisotopic (exact) mass is 210 g/mol. The molecule has 1 aromatic rings. The molecule has 0 saturated carbocycles. The number of rotatable bonds is 3. The lowest BCUT2D eigenvalue weighted by molar-refractivity contribution is 0.0239. The van der Waals surface area contributed by atoms with Crippen LogP contribution in [0.3, 0.4) is 0 Å². The van der Waals surface area contributed by atoms with Crippen LogP contribution in [0, 0.1) is 13.8 Å². The molecule has 0 aliphatic rings. The van der Waals surface area contributed by atoms with E-state index in [1.54, 1.807) is 12.1 Å². The standard InChI is InChI=1S/C11H18N2O2/c1-6-7(2)9(13)4-3-8(6)11(15)10(14)5-12/h3-4,10-11,14-15H,5,12-13H2,1-2H3. The number of benzene rings is 1. The van der Waals surface area contributed by atoms with Crippen LogP contribution >= 0.6 is 0 Å². The molecular weight excluding hydrogens is 192 g/mol. The molecule has 0 heterocycles. The lowest BCUT2D eigenvalue weighted by Gasteiger charge is -2.20. The van der Waals surface area contributed by atoms with Crippen LogP contribution in [0.15, 0.2) is 12.1 Å². The first-order valence-corrected chi connectivity index (χ1v) is 4.90. The van der Waals surface area contributed by atoms with E-state index in [-0.39, 0.29) is 6.54 Å². The SMILES string of the molecule is Cc1c(N)ccc(C(O)C(O)CN)c1C. The lowest BCUT2D eigenvalue weighted by Crippen LogP contribution is -2.27. The van der Waals surface area contributed by atoms with E-state index >= 15 is 0 Å². The minimum Gasteiger partial charge on any atom is -0.399 e. The van der Waals surface area contributed by atoms with E-state index in [1.807, 2.05) is 13.8 Å². The largest absolute Gasteiger partial charge is 0.399 e. The van der Waals surface area contributed by atoms with Crippen molar-refractivity contribution in [1.29, 1.82) is 0 Å². The molecule has 84 valence electrons. The zero-order chi connectivity index (χ0) is 11.6. The Morgan fingerprint density at radius 2 is 1.80 bits per heavy atom. The first kappa shape index (κ1) is 12.0. The lowest BCUT2D eigenvalue weighted by atomic mass is 9.95. The summed E-state index contributed by atoms with van der Waals surface area (Å²) < 4.78 is 0. The summed E-state index contributed by atoms with van der Waals surface area (Å²) in [6.45, 7) is 3.78. The van der Waals surface area contributed by atoms with Crippen LogP contribution in [0.25, 0.3) is 0 Å². The number of aliphatic hydroxyl groups excluding tert-OH is 2. The van der Waals surface area contributed by atoms with Gasteiger partial charge in [0.2, 0.25) is 0 Å². The average Bonchev–Trinajstić information content (AvgIpc) is 2.24. The van der Waals surface area contributed by atoms with Crippen molar-refractivity contribution in [2.75, 3.05) is 12.3 Å². The van der Waals surface area contributed by atoms with Crippen molar-refractivity contribution in [2.45, 2.75) is 26.1 Å². The Morgan fingerprint density at radius 3 is 2.33 bits per heavy atom. The van der Waals surface area contributed by atoms with Gasteiger partial charge in [-0.1, -0.05) is 6.07 Å². The molecule has 0 aromatic heterocycles. The second kappa shape index (κ2) is 4.61. The molecule has 6 N–H and O–H groups in total. The van der Waals surface area contributed by atoms with E-state index in [0.717, 1.165) is 11.1 Å². The van der Waals surface area contributed by atoms with Crippen LogP contribution in [0.2, 0.25) is 0 Å². The van der Waals surface area contributed by atoms with E-state index in [9.17, 15) is 10.2 Å². The van der Waals surface area contributed by atoms with Gasteiger partial charge in [0.15, 0.2) is 0 Å². The minimum atomic E-state index is -0.950. The zero-order valence-corrected chi connectivity index (χ0v) is 9.07. The van der Waals surface area contributed by atoms with Gasteiger partial charge >= 0.3 is 0 Å². The molecule has 2 unspecified atom stereocenters. The van der Waals surface area contributed by atoms with Crippen LogP contribution in [0.1, 0.15) is 22.8 Å². The van der Waals surface area contributed by atoms with Gasteiger partial charge in [-0.3, -0.25) is 0 Å². The Bertz CT molecular complexity index is 353. The molecule has 0 bridgehead atoms. The van der Waals surface area contributed by atoms with Gasteiger partial charge in [0.25, 0.3) is 0 Å². The summed E-state index contributed by atoms with van der Waals surface area (Å²) in [4.78, 5) is 0. The van der Waals surface area contributed by atoms with Crippen molar-refractivity contribution < 1.29 is 10.2 Å². The fourth-order valence-corrected chi connectivity index (χ4v) is 1.52. The Hall–Kier alpha value is -1.10. The molecule has 15 heavy (non-hydrogen) atoms. The number of nitrogen functional groups attached to an aromatic ring is 1. The summed E-state index contributed by atoms with van der Waals surface area (Å²) in [5.74, 6) is 0. The molecule has 0 radical (unpaired) electrons. The molecule has 2 atom stereocenters. The molecule has 0 saturated heterocycles. The van der Waals surface area contributed by atoms with Crippen LogP contribution in [-0.2, 0) is 0 Å². The Kier molecular flexibility index (Phi) is 3.68. The van der Waals surface area contributed by atoms with Crippen molar-refractivity contribution in [3.05, 3.63) is 28.8 Å². The van der Waals surface area contributed by atoms with Crippen molar-refractivity contribution in [1.82, 2.24) is 0 Å². The van der Waals surface area contributed by atoms with Gasteiger partial charge in [-0.05, 0) is 36.6 Å². The summed E-state index contributed by atoms with van der Waals surface area (Å²) in [7, 11) is 0. The molecule has 1 aromatic carbocycles. The summed E-state index contributed by atoms with van der Waals surface area (Å²) in [5.41, 5.74) is 14.2. The zero-order valence-electron chi connectivity index (χ0n) is 9.07. The topological polar surface area (TPSA) is 92.5 Å². The number of nitrogens with two attached hydrogens (primary N) is 2. The Morgan fingerprint density at radius 1 is 1.20 bits per heavy atom. The van der Waals surface area contributed by atoms with Gasteiger partial charge in [0.05, 0.1) is 6.10 Å². The van der Waals surface area contributed by atoms with Gasteiger partial charge in [-0.25, -0.2) is 0 Å². The molecule has 1 rings (SSSR count). The number of anilines is 1. The van der Waals surface area contributed by atoms with Crippen LogP contribution in [-0.4, -0.2) is 22.9 Å². The second-order valence-corrected chi connectivity index (χ2v) is 3.74. The van der Waals surface area contributed by atoms with E-state index < -0.39 is 12.2 Å². The summed E-state index contributed by atoms with van der Waals surface area (Å²) in [6.07, 6.45) is -1.89.